The molecule has 0 aliphatic heterocycles. The molecule has 0 amide bonds. The Morgan fingerprint density at radius 3 is 2.27 bits per heavy atom. The monoisotopic (exact) mass is 197 g/mol. The molecule has 0 atom stereocenters. The van der Waals surface area contributed by atoms with Crippen molar-refractivity contribution in [2.24, 2.45) is 0 Å². The lowest BCUT2D eigenvalue weighted by atomic mass is 9.77. The number of hydrogen-bond donors (Lipinski definition) is 2. The lowest BCUT2D eigenvalue weighted by Crippen LogP contribution is -2.14. The minimum Gasteiger partial charge on any atom is -0.414 e. The summed E-state index contributed by atoms with van der Waals surface area (Å²) in [5.41, 5.74) is 2.46. The molecule has 1 aromatic carbocycles. The first-order chi connectivity index (χ1) is 7.27. The molecular weight excluding hydrogens is 187 g/mol. The molecule has 0 aromatic heterocycles. The van der Waals surface area contributed by atoms with E-state index < -0.39 is 7.12 Å². The zero-order valence-corrected chi connectivity index (χ0v) is 8.09. The Labute approximate surface area is 89.0 Å². The maximum atomic E-state index is 8.92. The molecule has 15 heavy (non-hydrogen) atoms. The number of allylic oxidation sites excluding steroid dienone is 6. The Morgan fingerprint density at radius 1 is 1.00 bits per heavy atom. The molecule has 0 bridgehead atoms. The van der Waals surface area contributed by atoms with Crippen LogP contribution in [0.2, 0.25) is 0 Å². The average molecular weight is 197 g/mol. The summed E-state index contributed by atoms with van der Waals surface area (Å²) in [5, 5.41) is 17.8. The van der Waals surface area contributed by atoms with Gasteiger partial charge in [0.1, 0.15) is 0 Å². The van der Waals surface area contributed by atoms with E-state index in [0.29, 0.717) is 5.47 Å². The van der Waals surface area contributed by atoms with Crippen LogP contribution < -0.4 is 0 Å². The zero-order chi connectivity index (χ0) is 10.7. The summed E-state index contributed by atoms with van der Waals surface area (Å²) in [6.07, 6.45) is 8.11. The van der Waals surface area contributed by atoms with Crippen LogP contribution in [0.15, 0.2) is 54.0 Å². The van der Waals surface area contributed by atoms with E-state index in [-0.39, 0.29) is 0 Å². The third-order valence-corrected chi connectivity index (χ3v) is 2.22. The van der Waals surface area contributed by atoms with Crippen molar-refractivity contribution in [1.29, 1.82) is 0 Å². The first-order valence-corrected chi connectivity index (χ1v) is 4.70. The Morgan fingerprint density at radius 2 is 1.73 bits per heavy atom. The maximum absolute atomic E-state index is 8.92. The highest BCUT2D eigenvalue weighted by molar-refractivity contribution is 6.52. The van der Waals surface area contributed by atoms with Crippen molar-refractivity contribution in [3.05, 3.63) is 65.7 Å². The van der Waals surface area contributed by atoms with Crippen LogP contribution >= 0.6 is 0 Å². The summed E-state index contributed by atoms with van der Waals surface area (Å²) in [6, 6.07) is 9.84. The fraction of sp³-hybridized carbons (Fsp3) is 0. The van der Waals surface area contributed by atoms with Crippen LogP contribution in [-0.2, 0) is 0 Å². The fourth-order valence-corrected chi connectivity index (χ4v) is 1.39. The van der Waals surface area contributed by atoms with Gasteiger partial charge in [-0.25, -0.2) is 0 Å². The predicted molar refractivity (Wildman–Crippen MR) is 60.5 cm³/mol. The first-order valence-electron chi connectivity index (χ1n) is 4.70. The second-order valence-corrected chi connectivity index (χ2v) is 3.28. The smallest absolute Gasteiger partial charge is 0.414 e. The summed E-state index contributed by atoms with van der Waals surface area (Å²) in [7, 11) is -1.42. The van der Waals surface area contributed by atoms with Crippen LogP contribution in [0.4, 0.5) is 0 Å². The quantitative estimate of drug-likeness (QED) is 0.555. The molecule has 0 fully saturated rings. The SMILES string of the molecule is OB(O)C1=C[C+]=C(c2ccccc2)C=C1. The van der Waals surface area contributed by atoms with Gasteiger partial charge in [-0.2, -0.15) is 0 Å². The molecule has 0 saturated carbocycles. The molecule has 1 aliphatic rings. The number of benzene rings is 1. The molecule has 3 heteroatoms. The standard InChI is InChI=1S/C12H10BO2/c14-13(15)12-8-6-11(7-9-12)10-4-2-1-3-5-10/h1-6,8-9,14-15H/q+1. The van der Waals surface area contributed by atoms with E-state index in [2.05, 4.69) is 6.08 Å². The largest absolute Gasteiger partial charge is 0.549 e. The second kappa shape index (κ2) is 4.24. The molecule has 0 radical (unpaired) electrons. The summed E-state index contributed by atoms with van der Waals surface area (Å²) < 4.78 is 0. The van der Waals surface area contributed by atoms with Gasteiger partial charge in [-0.15, -0.1) is 0 Å². The van der Waals surface area contributed by atoms with Gasteiger partial charge in [-0.05, 0) is 12.1 Å². The van der Waals surface area contributed by atoms with Crippen molar-refractivity contribution in [3.8, 4) is 0 Å². The van der Waals surface area contributed by atoms with Crippen LogP contribution in [0.3, 0.4) is 0 Å². The number of rotatable bonds is 2. The van der Waals surface area contributed by atoms with Gasteiger partial charge in [0.15, 0.2) is 5.57 Å². The van der Waals surface area contributed by atoms with Crippen LogP contribution in [0, 0.1) is 6.08 Å². The highest BCUT2D eigenvalue weighted by Gasteiger charge is 2.20. The molecule has 1 aromatic rings. The van der Waals surface area contributed by atoms with E-state index >= 15 is 0 Å². The third kappa shape index (κ3) is 2.22. The van der Waals surface area contributed by atoms with Gasteiger partial charge in [0.25, 0.3) is 0 Å². The summed E-state index contributed by atoms with van der Waals surface area (Å²) in [6.45, 7) is 0. The van der Waals surface area contributed by atoms with Gasteiger partial charge < -0.3 is 10.0 Å². The minimum absolute atomic E-state index is 0.453. The summed E-state index contributed by atoms with van der Waals surface area (Å²) in [4.78, 5) is 0. The maximum Gasteiger partial charge on any atom is 0.549 e. The molecule has 2 nitrogen and oxygen atoms in total. The van der Waals surface area contributed by atoms with Gasteiger partial charge in [0, 0.05) is 18.2 Å². The fourth-order valence-electron chi connectivity index (χ4n) is 1.39. The van der Waals surface area contributed by atoms with E-state index in [1.165, 1.54) is 0 Å². The highest BCUT2D eigenvalue weighted by Crippen LogP contribution is 2.19. The molecule has 0 saturated heterocycles. The Bertz CT molecular complexity index is 430. The van der Waals surface area contributed by atoms with Crippen molar-refractivity contribution in [1.82, 2.24) is 0 Å². The van der Waals surface area contributed by atoms with Gasteiger partial charge in [0.2, 0.25) is 0 Å². The average Bonchev–Trinajstić information content (AvgIpc) is 2.30. The zero-order valence-electron chi connectivity index (χ0n) is 8.09. The molecule has 1 aliphatic carbocycles. The minimum atomic E-state index is -1.42. The van der Waals surface area contributed by atoms with Gasteiger partial charge in [-0.3, -0.25) is 0 Å². The Kier molecular flexibility index (Phi) is 2.79. The lowest BCUT2D eigenvalue weighted by Gasteiger charge is -1.98. The van der Waals surface area contributed by atoms with E-state index in [4.69, 9.17) is 10.0 Å². The van der Waals surface area contributed by atoms with E-state index in [0.717, 1.165) is 11.1 Å². The van der Waals surface area contributed by atoms with Crippen molar-refractivity contribution < 1.29 is 10.0 Å². The first kappa shape index (κ1) is 9.87. The third-order valence-electron chi connectivity index (χ3n) is 2.22. The van der Waals surface area contributed by atoms with Gasteiger partial charge in [0.05, 0.1) is 17.1 Å². The van der Waals surface area contributed by atoms with Gasteiger partial charge >= 0.3 is 7.12 Å². The predicted octanol–water partition coefficient (Wildman–Crippen LogP) is 1.38. The Hall–Kier alpha value is -1.67. The highest BCUT2D eigenvalue weighted by atomic mass is 16.4. The molecule has 0 heterocycles. The van der Waals surface area contributed by atoms with Crippen molar-refractivity contribution in [2.45, 2.75) is 0 Å². The van der Waals surface area contributed by atoms with Crippen molar-refractivity contribution in [3.63, 3.8) is 0 Å². The molecular formula is C12H10BO2+. The summed E-state index contributed by atoms with van der Waals surface area (Å²) >= 11 is 0. The summed E-state index contributed by atoms with van der Waals surface area (Å²) in [5.74, 6) is 0. The van der Waals surface area contributed by atoms with Crippen LogP contribution in [-0.4, -0.2) is 17.2 Å². The normalized spacial score (nSPS) is 14.0. The van der Waals surface area contributed by atoms with E-state index in [1.54, 1.807) is 12.2 Å². The second-order valence-electron chi connectivity index (χ2n) is 3.28. The van der Waals surface area contributed by atoms with E-state index in [1.807, 2.05) is 36.4 Å². The Balaban J connectivity index is 2.27. The molecule has 72 valence electrons. The van der Waals surface area contributed by atoms with Crippen LogP contribution in [0.25, 0.3) is 5.57 Å². The van der Waals surface area contributed by atoms with E-state index in [9.17, 15) is 0 Å². The topological polar surface area (TPSA) is 40.5 Å². The lowest BCUT2D eigenvalue weighted by molar-refractivity contribution is 0.420. The van der Waals surface area contributed by atoms with Crippen molar-refractivity contribution in [2.75, 3.05) is 0 Å². The molecule has 2 N–H and O–H groups in total. The van der Waals surface area contributed by atoms with Crippen molar-refractivity contribution >= 4 is 12.7 Å². The van der Waals surface area contributed by atoms with Crippen LogP contribution in [0.1, 0.15) is 5.56 Å². The molecule has 0 unspecified atom stereocenters. The van der Waals surface area contributed by atoms with Gasteiger partial charge in [-0.1, -0.05) is 18.2 Å². The van der Waals surface area contributed by atoms with Crippen LogP contribution in [0.5, 0.6) is 0 Å². The number of hydrogen-bond acceptors (Lipinski definition) is 2. The molecule has 0 spiro atoms. The molecule has 2 rings (SSSR count).